The fourth-order valence-electron chi connectivity index (χ4n) is 1.76. The second-order valence-corrected chi connectivity index (χ2v) is 3.88. The maximum Gasteiger partial charge on any atom is 0.304 e. The molecule has 0 aliphatic heterocycles. The molecule has 0 spiro atoms. The Balaban J connectivity index is 2.40. The average molecular weight is 221 g/mol. The summed E-state index contributed by atoms with van der Waals surface area (Å²) in [5.74, 6) is -0.737. The molecule has 88 valence electrons. The van der Waals surface area contributed by atoms with E-state index in [1.165, 1.54) is 5.56 Å². The normalized spacial score (nSPS) is 12.3. The number of benzene rings is 1. The molecule has 3 nitrogen and oxygen atoms in total. The maximum absolute atomic E-state index is 10.7. The van der Waals surface area contributed by atoms with Crippen molar-refractivity contribution in [3.63, 3.8) is 0 Å². The Morgan fingerprint density at radius 1 is 1.38 bits per heavy atom. The van der Waals surface area contributed by atoms with Crippen LogP contribution in [0.25, 0.3) is 0 Å². The monoisotopic (exact) mass is 221 g/mol. The lowest BCUT2D eigenvalue weighted by Crippen LogP contribution is -2.31. The quantitative estimate of drug-likeness (QED) is 0.741. The Morgan fingerprint density at radius 2 is 2.06 bits per heavy atom. The number of rotatable bonds is 7. The lowest BCUT2D eigenvalue weighted by molar-refractivity contribution is -0.137. The first-order chi connectivity index (χ1) is 7.72. The molecule has 0 aromatic heterocycles. The van der Waals surface area contributed by atoms with Gasteiger partial charge in [0.2, 0.25) is 0 Å². The third-order valence-electron chi connectivity index (χ3n) is 2.54. The average Bonchev–Trinajstić information content (AvgIpc) is 2.27. The van der Waals surface area contributed by atoms with Crippen LogP contribution in [0.15, 0.2) is 30.3 Å². The molecular formula is C13H19NO2. The van der Waals surface area contributed by atoms with E-state index in [9.17, 15) is 4.79 Å². The van der Waals surface area contributed by atoms with Gasteiger partial charge in [0.1, 0.15) is 0 Å². The molecule has 1 aromatic rings. The van der Waals surface area contributed by atoms with Gasteiger partial charge >= 0.3 is 5.97 Å². The van der Waals surface area contributed by atoms with Gasteiger partial charge in [-0.25, -0.2) is 0 Å². The van der Waals surface area contributed by atoms with Crippen LogP contribution in [0.5, 0.6) is 0 Å². The molecule has 3 heteroatoms. The Kier molecular flexibility index (Phi) is 5.57. The lowest BCUT2D eigenvalue weighted by atomic mass is 10.0. The van der Waals surface area contributed by atoms with Gasteiger partial charge < -0.3 is 10.4 Å². The highest BCUT2D eigenvalue weighted by molar-refractivity contribution is 5.67. The molecule has 0 saturated heterocycles. The molecule has 0 bridgehead atoms. The van der Waals surface area contributed by atoms with Crippen molar-refractivity contribution >= 4 is 5.97 Å². The van der Waals surface area contributed by atoms with E-state index >= 15 is 0 Å². The molecule has 1 atom stereocenters. The molecule has 1 unspecified atom stereocenters. The van der Waals surface area contributed by atoms with Crippen molar-refractivity contribution in [1.29, 1.82) is 0 Å². The van der Waals surface area contributed by atoms with Crippen molar-refractivity contribution in [3.05, 3.63) is 35.9 Å². The van der Waals surface area contributed by atoms with Crippen LogP contribution in [-0.2, 0) is 11.2 Å². The first kappa shape index (κ1) is 12.7. The summed E-state index contributed by atoms with van der Waals surface area (Å²) in [5.41, 5.74) is 1.26. The predicted molar refractivity (Wildman–Crippen MR) is 64.5 cm³/mol. The summed E-state index contributed by atoms with van der Waals surface area (Å²) < 4.78 is 0. The van der Waals surface area contributed by atoms with E-state index in [0.717, 1.165) is 19.4 Å². The molecule has 1 aromatic carbocycles. The summed E-state index contributed by atoms with van der Waals surface area (Å²) in [4.78, 5) is 10.7. The van der Waals surface area contributed by atoms with Crippen molar-refractivity contribution in [2.24, 2.45) is 0 Å². The van der Waals surface area contributed by atoms with Gasteiger partial charge in [-0.1, -0.05) is 37.3 Å². The maximum atomic E-state index is 10.7. The van der Waals surface area contributed by atoms with Crippen molar-refractivity contribution in [3.8, 4) is 0 Å². The third-order valence-corrected chi connectivity index (χ3v) is 2.54. The fraction of sp³-hybridized carbons (Fsp3) is 0.462. The van der Waals surface area contributed by atoms with Crippen molar-refractivity contribution < 1.29 is 9.90 Å². The first-order valence-electron chi connectivity index (χ1n) is 5.71. The summed E-state index contributed by atoms with van der Waals surface area (Å²) in [5, 5.41) is 12.0. The standard InChI is InChI=1S/C13H19NO2/c1-2-14-12(10-13(15)16)9-8-11-6-4-3-5-7-11/h3-7,12,14H,2,8-10H2,1H3,(H,15,16). The second-order valence-electron chi connectivity index (χ2n) is 3.88. The predicted octanol–water partition coefficient (Wildman–Crippen LogP) is 2.07. The second kappa shape index (κ2) is 7.01. The number of carboxylic acids is 1. The summed E-state index contributed by atoms with van der Waals surface area (Å²) in [7, 11) is 0. The Morgan fingerprint density at radius 3 is 2.62 bits per heavy atom. The molecule has 0 aliphatic rings. The van der Waals surface area contributed by atoms with Crippen molar-refractivity contribution in [2.75, 3.05) is 6.54 Å². The molecule has 0 heterocycles. The number of aliphatic carboxylic acids is 1. The largest absolute Gasteiger partial charge is 0.481 e. The van der Waals surface area contributed by atoms with E-state index in [1.807, 2.05) is 25.1 Å². The zero-order chi connectivity index (χ0) is 11.8. The fourth-order valence-corrected chi connectivity index (χ4v) is 1.76. The van der Waals surface area contributed by atoms with E-state index in [1.54, 1.807) is 0 Å². The van der Waals surface area contributed by atoms with Crippen molar-refractivity contribution in [1.82, 2.24) is 5.32 Å². The highest BCUT2D eigenvalue weighted by atomic mass is 16.4. The lowest BCUT2D eigenvalue weighted by Gasteiger charge is -2.15. The number of aryl methyl sites for hydroxylation is 1. The van der Waals surface area contributed by atoms with Gasteiger partial charge in [0.25, 0.3) is 0 Å². The molecule has 16 heavy (non-hydrogen) atoms. The van der Waals surface area contributed by atoms with Crippen LogP contribution in [0.1, 0.15) is 25.3 Å². The van der Waals surface area contributed by atoms with Gasteiger partial charge in [-0.15, -0.1) is 0 Å². The first-order valence-corrected chi connectivity index (χ1v) is 5.71. The van der Waals surface area contributed by atoms with Crippen LogP contribution in [0.3, 0.4) is 0 Å². The van der Waals surface area contributed by atoms with Crippen LogP contribution in [0.4, 0.5) is 0 Å². The van der Waals surface area contributed by atoms with Gasteiger partial charge in [-0.3, -0.25) is 4.79 Å². The molecule has 0 fully saturated rings. The van der Waals surface area contributed by atoms with Gasteiger partial charge in [0.05, 0.1) is 6.42 Å². The van der Waals surface area contributed by atoms with E-state index < -0.39 is 5.97 Å². The van der Waals surface area contributed by atoms with Crippen LogP contribution < -0.4 is 5.32 Å². The Labute approximate surface area is 96.5 Å². The number of carbonyl (C=O) groups is 1. The highest BCUT2D eigenvalue weighted by Gasteiger charge is 2.11. The molecule has 2 N–H and O–H groups in total. The third kappa shape index (κ3) is 4.94. The Bertz CT molecular complexity index is 311. The molecule has 1 rings (SSSR count). The SMILES string of the molecule is CCNC(CCc1ccccc1)CC(=O)O. The van der Waals surface area contributed by atoms with Gasteiger partial charge in [0, 0.05) is 6.04 Å². The molecule has 0 aliphatic carbocycles. The number of nitrogens with one attached hydrogen (secondary N) is 1. The van der Waals surface area contributed by atoms with E-state index in [0.29, 0.717) is 0 Å². The minimum Gasteiger partial charge on any atom is -0.481 e. The van der Waals surface area contributed by atoms with Gasteiger partial charge in [0.15, 0.2) is 0 Å². The van der Waals surface area contributed by atoms with E-state index in [4.69, 9.17) is 5.11 Å². The van der Waals surface area contributed by atoms with Crippen molar-refractivity contribution in [2.45, 2.75) is 32.2 Å². The topological polar surface area (TPSA) is 49.3 Å². The summed E-state index contributed by atoms with van der Waals surface area (Å²) in [6.07, 6.45) is 1.98. The Hall–Kier alpha value is -1.35. The number of hydrogen-bond acceptors (Lipinski definition) is 2. The smallest absolute Gasteiger partial charge is 0.304 e. The van der Waals surface area contributed by atoms with Crippen LogP contribution in [0, 0.1) is 0 Å². The molecule has 0 saturated carbocycles. The summed E-state index contributed by atoms with van der Waals surface area (Å²) >= 11 is 0. The number of hydrogen-bond donors (Lipinski definition) is 2. The van der Waals surface area contributed by atoms with E-state index in [-0.39, 0.29) is 12.5 Å². The molecular weight excluding hydrogens is 202 g/mol. The number of carboxylic acid groups (broad SMARTS) is 1. The zero-order valence-electron chi connectivity index (χ0n) is 9.65. The molecule has 0 radical (unpaired) electrons. The minimum atomic E-state index is -0.737. The van der Waals surface area contributed by atoms with E-state index in [2.05, 4.69) is 17.4 Å². The highest BCUT2D eigenvalue weighted by Crippen LogP contribution is 2.07. The summed E-state index contributed by atoms with van der Waals surface area (Å²) in [6, 6.07) is 10.2. The zero-order valence-corrected chi connectivity index (χ0v) is 9.65. The van der Waals surface area contributed by atoms with Crippen LogP contribution in [-0.4, -0.2) is 23.7 Å². The van der Waals surface area contributed by atoms with Gasteiger partial charge in [-0.05, 0) is 24.9 Å². The minimum absolute atomic E-state index is 0.0720. The summed E-state index contributed by atoms with van der Waals surface area (Å²) in [6.45, 7) is 2.81. The molecule has 0 amide bonds. The van der Waals surface area contributed by atoms with Crippen LogP contribution in [0.2, 0.25) is 0 Å². The van der Waals surface area contributed by atoms with Gasteiger partial charge in [-0.2, -0.15) is 0 Å². The van der Waals surface area contributed by atoms with Crippen LogP contribution >= 0.6 is 0 Å².